The molecule has 1 atom stereocenters. The lowest BCUT2D eigenvalue weighted by Gasteiger charge is -2.13. The Morgan fingerprint density at radius 2 is 2.00 bits per heavy atom. The average Bonchev–Trinajstić information content (AvgIpc) is 3.03. The Bertz CT molecular complexity index is 756. The van der Waals surface area contributed by atoms with Gasteiger partial charge in [-0.25, -0.2) is 4.79 Å². The highest BCUT2D eigenvalue weighted by atomic mass is 16.6. The molecule has 1 unspecified atom stereocenters. The minimum absolute atomic E-state index is 0.0271. The summed E-state index contributed by atoms with van der Waals surface area (Å²) in [5.74, 6) is 0.806. The molecule has 2 aromatic carbocycles. The summed E-state index contributed by atoms with van der Waals surface area (Å²) in [6.45, 7) is 1.51. The lowest BCUT2D eigenvalue weighted by atomic mass is 10.1. The van der Waals surface area contributed by atoms with Crippen molar-refractivity contribution in [3.05, 3.63) is 59.2 Å². The third-order valence-corrected chi connectivity index (χ3v) is 3.97. The van der Waals surface area contributed by atoms with Gasteiger partial charge in [0.05, 0.1) is 7.11 Å². The average molecular weight is 326 g/mol. The maximum atomic E-state index is 12.3. The number of ether oxygens (including phenoxy) is 3. The number of methoxy groups -OCH3 is 1. The second-order valence-electron chi connectivity index (χ2n) is 5.61. The first-order chi connectivity index (χ1) is 11.6. The largest absolute Gasteiger partial charge is 0.496 e. The van der Waals surface area contributed by atoms with Crippen LogP contribution < -0.4 is 9.47 Å². The third kappa shape index (κ3) is 3.25. The molecule has 0 saturated carbocycles. The number of carbonyl (C=O) groups excluding carboxylic acids is 2. The fourth-order valence-electron chi connectivity index (χ4n) is 2.67. The normalized spacial score (nSPS) is 15.3. The van der Waals surface area contributed by atoms with Gasteiger partial charge in [-0.1, -0.05) is 18.2 Å². The number of hydrogen-bond acceptors (Lipinski definition) is 5. The standard InChI is InChI=1S/C19H18O5/c1-12(20)13-7-8-16(22-2)15(9-13)11-23-19(21)18-10-14-5-3-4-6-17(14)24-18/h3-9,18H,10-11H2,1-2H3. The fraction of sp³-hybridized carbons (Fsp3) is 0.263. The van der Waals surface area contributed by atoms with Gasteiger partial charge in [0.25, 0.3) is 0 Å². The molecular weight excluding hydrogens is 308 g/mol. The highest BCUT2D eigenvalue weighted by Gasteiger charge is 2.30. The molecule has 0 aliphatic carbocycles. The Morgan fingerprint density at radius 3 is 2.71 bits per heavy atom. The molecule has 1 heterocycles. The van der Waals surface area contributed by atoms with E-state index in [9.17, 15) is 9.59 Å². The van der Waals surface area contributed by atoms with Gasteiger partial charge in [0, 0.05) is 17.5 Å². The van der Waals surface area contributed by atoms with Crippen LogP contribution in [0.5, 0.6) is 11.5 Å². The zero-order chi connectivity index (χ0) is 17.1. The number of para-hydroxylation sites is 1. The molecule has 0 amide bonds. The van der Waals surface area contributed by atoms with Gasteiger partial charge in [-0.05, 0) is 36.8 Å². The van der Waals surface area contributed by atoms with Gasteiger partial charge in [-0.15, -0.1) is 0 Å². The summed E-state index contributed by atoms with van der Waals surface area (Å²) in [7, 11) is 1.53. The van der Waals surface area contributed by atoms with Crippen LogP contribution in [0.25, 0.3) is 0 Å². The second-order valence-corrected chi connectivity index (χ2v) is 5.61. The predicted octanol–water partition coefficient (Wildman–Crippen LogP) is 2.94. The molecule has 2 aromatic rings. The van der Waals surface area contributed by atoms with E-state index >= 15 is 0 Å². The van der Waals surface area contributed by atoms with E-state index in [1.165, 1.54) is 14.0 Å². The second kappa shape index (κ2) is 6.74. The van der Waals surface area contributed by atoms with E-state index in [1.807, 2.05) is 24.3 Å². The van der Waals surface area contributed by atoms with Crippen LogP contribution >= 0.6 is 0 Å². The Kier molecular flexibility index (Phi) is 4.51. The summed E-state index contributed by atoms with van der Waals surface area (Å²) in [4.78, 5) is 23.8. The lowest BCUT2D eigenvalue weighted by molar-refractivity contribution is -0.152. The first-order valence-corrected chi connectivity index (χ1v) is 7.67. The van der Waals surface area contributed by atoms with E-state index in [-0.39, 0.29) is 12.4 Å². The molecule has 5 heteroatoms. The van der Waals surface area contributed by atoms with Gasteiger partial charge in [-0.3, -0.25) is 4.79 Å². The van der Waals surface area contributed by atoms with Crippen molar-refractivity contribution in [2.24, 2.45) is 0 Å². The molecule has 0 fully saturated rings. The summed E-state index contributed by atoms with van der Waals surface area (Å²) < 4.78 is 16.2. The van der Waals surface area contributed by atoms with E-state index in [0.29, 0.717) is 23.3 Å². The minimum atomic E-state index is -0.635. The molecule has 3 rings (SSSR count). The van der Waals surface area contributed by atoms with Gasteiger partial charge in [0.15, 0.2) is 11.9 Å². The highest BCUT2D eigenvalue weighted by Crippen LogP contribution is 2.29. The van der Waals surface area contributed by atoms with E-state index in [1.54, 1.807) is 18.2 Å². The number of carbonyl (C=O) groups is 2. The first kappa shape index (κ1) is 16.1. The zero-order valence-corrected chi connectivity index (χ0v) is 13.6. The number of benzene rings is 2. The molecule has 0 saturated heterocycles. The van der Waals surface area contributed by atoms with E-state index < -0.39 is 12.1 Å². The van der Waals surface area contributed by atoms with Crippen molar-refractivity contribution in [3.8, 4) is 11.5 Å². The van der Waals surface area contributed by atoms with Crippen molar-refractivity contribution in [3.63, 3.8) is 0 Å². The van der Waals surface area contributed by atoms with Crippen molar-refractivity contribution in [2.75, 3.05) is 7.11 Å². The van der Waals surface area contributed by atoms with Crippen LogP contribution in [-0.4, -0.2) is 25.0 Å². The Hall–Kier alpha value is -2.82. The fourth-order valence-corrected chi connectivity index (χ4v) is 2.67. The summed E-state index contributed by atoms with van der Waals surface area (Å²) in [6.07, 6.45) is -0.135. The topological polar surface area (TPSA) is 61.8 Å². The first-order valence-electron chi connectivity index (χ1n) is 7.67. The van der Waals surface area contributed by atoms with Gasteiger partial charge in [0.2, 0.25) is 0 Å². The molecule has 0 radical (unpaired) electrons. The van der Waals surface area contributed by atoms with E-state index in [4.69, 9.17) is 14.2 Å². The van der Waals surface area contributed by atoms with Crippen molar-refractivity contribution in [1.82, 2.24) is 0 Å². The van der Waals surface area contributed by atoms with Crippen LogP contribution in [-0.2, 0) is 22.6 Å². The molecular formula is C19H18O5. The van der Waals surface area contributed by atoms with Crippen LogP contribution in [0, 0.1) is 0 Å². The van der Waals surface area contributed by atoms with Crippen molar-refractivity contribution >= 4 is 11.8 Å². The number of ketones is 1. The molecule has 124 valence electrons. The maximum Gasteiger partial charge on any atom is 0.348 e. The van der Waals surface area contributed by atoms with Gasteiger partial charge < -0.3 is 14.2 Å². The zero-order valence-electron chi connectivity index (χ0n) is 13.6. The van der Waals surface area contributed by atoms with Crippen molar-refractivity contribution < 1.29 is 23.8 Å². The molecule has 24 heavy (non-hydrogen) atoms. The molecule has 1 aliphatic rings. The van der Waals surface area contributed by atoms with Crippen molar-refractivity contribution in [2.45, 2.75) is 26.1 Å². The number of fused-ring (bicyclic) bond motifs is 1. The minimum Gasteiger partial charge on any atom is -0.496 e. The third-order valence-electron chi connectivity index (χ3n) is 3.97. The predicted molar refractivity (Wildman–Crippen MR) is 87.4 cm³/mol. The smallest absolute Gasteiger partial charge is 0.348 e. The lowest BCUT2D eigenvalue weighted by Crippen LogP contribution is -2.27. The Morgan fingerprint density at radius 1 is 1.21 bits per heavy atom. The van der Waals surface area contributed by atoms with Crippen LogP contribution in [0.4, 0.5) is 0 Å². The quantitative estimate of drug-likeness (QED) is 0.624. The number of esters is 1. The molecule has 1 aliphatic heterocycles. The number of hydrogen-bond donors (Lipinski definition) is 0. The van der Waals surface area contributed by atoms with Gasteiger partial charge in [-0.2, -0.15) is 0 Å². The Labute approximate surface area is 140 Å². The van der Waals surface area contributed by atoms with Gasteiger partial charge in [0.1, 0.15) is 18.1 Å². The van der Waals surface area contributed by atoms with Crippen molar-refractivity contribution in [1.29, 1.82) is 0 Å². The van der Waals surface area contributed by atoms with E-state index in [0.717, 1.165) is 11.3 Å². The summed E-state index contributed by atoms with van der Waals surface area (Å²) in [5, 5.41) is 0. The molecule has 0 bridgehead atoms. The Balaban J connectivity index is 1.67. The SMILES string of the molecule is COc1ccc(C(C)=O)cc1COC(=O)C1Cc2ccccc2O1. The molecule has 0 N–H and O–H groups in total. The number of rotatable bonds is 5. The summed E-state index contributed by atoms with van der Waals surface area (Å²) in [5.41, 5.74) is 2.19. The molecule has 0 aromatic heterocycles. The monoisotopic (exact) mass is 326 g/mol. The molecule has 5 nitrogen and oxygen atoms in total. The van der Waals surface area contributed by atoms with Crippen LogP contribution in [0.1, 0.15) is 28.4 Å². The van der Waals surface area contributed by atoms with Crippen LogP contribution in [0.15, 0.2) is 42.5 Å². The van der Waals surface area contributed by atoms with Crippen LogP contribution in [0.3, 0.4) is 0 Å². The maximum absolute atomic E-state index is 12.3. The molecule has 0 spiro atoms. The van der Waals surface area contributed by atoms with E-state index in [2.05, 4.69) is 0 Å². The number of Topliss-reactive ketones (excluding diaryl/α,β-unsaturated/α-hetero) is 1. The highest BCUT2D eigenvalue weighted by molar-refractivity contribution is 5.94. The van der Waals surface area contributed by atoms with Crippen LogP contribution in [0.2, 0.25) is 0 Å². The summed E-state index contributed by atoms with van der Waals surface area (Å²) >= 11 is 0. The van der Waals surface area contributed by atoms with Gasteiger partial charge >= 0.3 is 5.97 Å². The summed E-state index contributed by atoms with van der Waals surface area (Å²) in [6, 6.07) is 12.6.